The number of nitrogen functional groups attached to an aromatic ring is 1. The summed E-state index contributed by atoms with van der Waals surface area (Å²) < 4.78 is 18.9. The molecule has 1 aromatic rings. The molecule has 0 saturated carbocycles. The lowest BCUT2D eigenvalue weighted by atomic mass is 10.1. The smallest absolute Gasteiger partial charge is 0.412 e. The zero-order valence-corrected chi connectivity index (χ0v) is 12.9. The summed E-state index contributed by atoms with van der Waals surface area (Å²) in [6.45, 7) is 7.85. The van der Waals surface area contributed by atoms with Crippen molar-refractivity contribution >= 4 is 23.7 Å². The average Bonchev–Trinajstić information content (AvgIpc) is 2.32. The maximum absolute atomic E-state index is 13.8. The first-order chi connectivity index (χ1) is 9.73. The van der Waals surface area contributed by atoms with Crippen LogP contribution in [-0.4, -0.2) is 24.5 Å². The van der Waals surface area contributed by atoms with E-state index in [0.29, 0.717) is 12.1 Å². The second-order valence-corrected chi connectivity index (χ2v) is 5.62. The van der Waals surface area contributed by atoms with E-state index in [-0.39, 0.29) is 11.4 Å². The van der Waals surface area contributed by atoms with Gasteiger partial charge in [-0.1, -0.05) is 6.92 Å². The number of amides is 1. The highest BCUT2D eigenvalue weighted by Gasteiger charge is 2.18. The maximum Gasteiger partial charge on any atom is 0.412 e. The van der Waals surface area contributed by atoms with Crippen molar-refractivity contribution in [3.63, 3.8) is 0 Å². The molecule has 0 radical (unpaired) electrons. The van der Waals surface area contributed by atoms with Crippen molar-refractivity contribution in [2.45, 2.75) is 39.7 Å². The summed E-state index contributed by atoms with van der Waals surface area (Å²) in [6, 6.07) is 2.59. The number of nitrogens with one attached hydrogen (secondary N) is 1. The molecule has 21 heavy (non-hydrogen) atoms. The Bertz CT molecular complexity index is 536. The molecule has 5 nitrogen and oxygen atoms in total. The van der Waals surface area contributed by atoms with Gasteiger partial charge in [0, 0.05) is 24.0 Å². The first-order valence-corrected chi connectivity index (χ1v) is 6.81. The fraction of sp³-hybridized carbons (Fsp3) is 0.467. The summed E-state index contributed by atoms with van der Waals surface area (Å²) in [5.74, 6) is -0.619. The summed E-state index contributed by atoms with van der Waals surface area (Å²) in [5.41, 5.74) is 5.91. The first kappa shape index (κ1) is 16.9. The Kier molecular flexibility index (Phi) is 5.69. The number of halogens is 1. The van der Waals surface area contributed by atoms with Crippen LogP contribution in [0.15, 0.2) is 17.1 Å². The van der Waals surface area contributed by atoms with Gasteiger partial charge in [-0.05, 0) is 39.3 Å². The molecule has 1 rings (SSSR count). The number of hydrogen-bond donors (Lipinski definition) is 2. The molecule has 0 aliphatic heterocycles. The monoisotopic (exact) mass is 295 g/mol. The molecule has 0 bridgehead atoms. The summed E-state index contributed by atoms with van der Waals surface area (Å²) in [4.78, 5) is 15.8. The summed E-state index contributed by atoms with van der Waals surface area (Å²) in [7, 11) is 0. The molecular weight excluding hydrogens is 273 g/mol. The Balaban J connectivity index is 2.92. The minimum absolute atomic E-state index is 0.0106. The number of nitrogens with two attached hydrogens (primary N) is 1. The lowest BCUT2D eigenvalue weighted by Gasteiger charge is -2.20. The van der Waals surface area contributed by atoms with Gasteiger partial charge < -0.3 is 10.5 Å². The fourth-order valence-corrected chi connectivity index (χ4v) is 1.52. The van der Waals surface area contributed by atoms with Crippen molar-refractivity contribution in [1.82, 2.24) is 0 Å². The van der Waals surface area contributed by atoms with Gasteiger partial charge in [0.1, 0.15) is 11.4 Å². The van der Waals surface area contributed by atoms with Gasteiger partial charge in [0.05, 0.1) is 5.69 Å². The highest BCUT2D eigenvalue weighted by Crippen LogP contribution is 2.22. The molecule has 1 aromatic carbocycles. The highest BCUT2D eigenvalue weighted by molar-refractivity contribution is 5.92. The lowest BCUT2D eigenvalue weighted by Crippen LogP contribution is -2.27. The molecule has 1 amide bonds. The highest BCUT2D eigenvalue weighted by atomic mass is 19.1. The molecule has 0 saturated heterocycles. The van der Waals surface area contributed by atoms with Gasteiger partial charge in [-0.25, -0.2) is 9.18 Å². The fourth-order valence-electron chi connectivity index (χ4n) is 1.52. The van der Waals surface area contributed by atoms with Gasteiger partial charge in [-0.2, -0.15) is 0 Å². The number of carbonyl (C=O) groups is 1. The van der Waals surface area contributed by atoms with E-state index in [1.54, 1.807) is 27.0 Å². The summed E-state index contributed by atoms with van der Waals surface area (Å²) >= 11 is 0. The Morgan fingerprint density at radius 1 is 1.48 bits per heavy atom. The number of nitrogens with zero attached hydrogens (tertiary/aromatic N) is 1. The predicted octanol–water partition coefficient (Wildman–Crippen LogP) is 3.58. The van der Waals surface area contributed by atoms with Crippen molar-refractivity contribution in [3.8, 4) is 0 Å². The molecular formula is C15H22FN3O2. The molecule has 0 aromatic heterocycles. The molecule has 6 heteroatoms. The van der Waals surface area contributed by atoms with Gasteiger partial charge in [0.2, 0.25) is 0 Å². The van der Waals surface area contributed by atoms with Crippen LogP contribution >= 0.6 is 0 Å². The molecule has 3 N–H and O–H groups in total. The van der Waals surface area contributed by atoms with Crippen LogP contribution in [0.4, 0.5) is 20.6 Å². The second-order valence-electron chi connectivity index (χ2n) is 5.62. The van der Waals surface area contributed by atoms with Crippen molar-refractivity contribution in [2.24, 2.45) is 4.99 Å². The zero-order chi connectivity index (χ0) is 16.0. The van der Waals surface area contributed by atoms with Gasteiger partial charge in [0.15, 0.2) is 0 Å². The maximum atomic E-state index is 13.8. The third-order valence-electron chi connectivity index (χ3n) is 2.39. The molecule has 0 atom stereocenters. The van der Waals surface area contributed by atoms with Gasteiger partial charge in [0.25, 0.3) is 0 Å². The average molecular weight is 295 g/mol. The van der Waals surface area contributed by atoms with Crippen LogP contribution < -0.4 is 11.1 Å². The Hall–Kier alpha value is -2.11. The van der Waals surface area contributed by atoms with Crippen LogP contribution in [0.5, 0.6) is 0 Å². The van der Waals surface area contributed by atoms with Crippen molar-refractivity contribution in [2.75, 3.05) is 17.6 Å². The van der Waals surface area contributed by atoms with Crippen molar-refractivity contribution in [3.05, 3.63) is 23.5 Å². The van der Waals surface area contributed by atoms with E-state index in [9.17, 15) is 9.18 Å². The van der Waals surface area contributed by atoms with Gasteiger partial charge >= 0.3 is 6.09 Å². The number of benzene rings is 1. The van der Waals surface area contributed by atoms with Crippen LogP contribution in [-0.2, 0) is 4.74 Å². The molecule has 0 aliphatic carbocycles. The quantitative estimate of drug-likeness (QED) is 0.658. The van der Waals surface area contributed by atoms with Crippen LogP contribution in [0.25, 0.3) is 0 Å². The van der Waals surface area contributed by atoms with E-state index in [1.165, 1.54) is 6.07 Å². The van der Waals surface area contributed by atoms with E-state index < -0.39 is 17.5 Å². The van der Waals surface area contributed by atoms with Crippen LogP contribution in [0.3, 0.4) is 0 Å². The lowest BCUT2D eigenvalue weighted by molar-refractivity contribution is 0.0635. The summed E-state index contributed by atoms with van der Waals surface area (Å²) in [6.07, 6.45) is 1.75. The topological polar surface area (TPSA) is 76.7 Å². The molecule has 0 aliphatic rings. The Labute approximate surface area is 124 Å². The molecule has 0 heterocycles. The van der Waals surface area contributed by atoms with Gasteiger partial charge in [-0.15, -0.1) is 0 Å². The number of rotatable bonds is 4. The van der Waals surface area contributed by atoms with Crippen LogP contribution in [0, 0.1) is 5.82 Å². The number of aliphatic imine (C=N–C) groups is 1. The van der Waals surface area contributed by atoms with E-state index in [1.807, 2.05) is 6.92 Å². The molecule has 116 valence electrons. The largest absolute Gasteiger partial charge is 0.444 e. The predicted molar refractivity (Wildman–Crippen MR) is 83.4 cm³/mol. The Morgan fingerprint density at radius 3 is 2.71 bits per heavy atom. The molecule has 0 unspecified atom stereocenters. The Morgan fingerprint density at radius 2 is 2.14 bits per heavy atom. The van der Waals surface area contributed by atoms with Crippen molar-refractivity contribution < 1.29 is 13.9 Å². The number of anilines is 2. The first-order valence-electron chi connectivity index (χ1n) is 6.81. The van der Waals surface area contributed by atoms with Gasteiger partial charge in [-0.3, -0.25) is 10.3 Å². The third-order valence-corrected chi connectivity index (χ3v) is 2.39. The second kappa shape index (κ2) is 7.06. The minimum atomic E-state index is -0.720. The normalized spacial score (nSPS) is 11.7. The number of ether oxygens (including phenoxy) is 1. The van der Waals surface area contributed by atoms with E-state index >= 15 is 0 Å². The standard InChI is InChI=1S/C15H22FN3O2/c1-5-6-18-9-10-7-13(11(16)8-12(10)17)19-14(20)21-15(2,3)4/h7-9H,5-6,17H2,1-4H3,(H,19,20). The van der Waals surface area contributed by atoms with E-state index in [0.717, 1.165) is 12.5 Å². The minimum Gasteiger partial charge on any atom is -0.444 e. The zero-order valence-electron chi connectivity index (χ0n) is 12.9. The SMILES string of the molecule is CCCN=Cc1cc(NC(=O)OC(C)(C)C)c(F)cc1N. The van der Waals surface area contributed by atoms with Crippen LogP contribution in [0.1, 0.15) is 39.7 Å². The number of carbonyl (C=O) groups excluding carboxylic acids is 1. The van der Waals surface area contributed by atoms with E-state index in [2.05, 4.69) is 10.3 Å². The number of hydrogen-bond acceptors (Lipinski definition) is 4. The van der Waals surface area contributed by atoms with Crippen molar-refractivity contribution in [1.29, 1.82) is 0 Å². The summed E-state index contributed by atoms with van der Waals surface area (Å²) in [5, 5.41) is 2.37. The third kappa shape index (κ3) is 5.81. The molecule has 0 fully saturated rings. The van der Waals surface area contributed by atoms with E-state index in [4.69, 9.17) is 10.5 Å². The van der Waals surface area contributed by atoms with Crippen LogP contribution in [0.2, 0.25) is 0 Å². The molecule has 0 spiro atoms.